The fraction of sp³-hybridized carbons (Fsp3) is 0.562. The van der Waals surface area contributed by atoms with Gasteiger partial charge in [0.2, 0.25) is 0 Å². The Morgan fingerprint density at radius 1 is 1.41 bits per heavy atom. The fourth-order valence-corrected chi connectivity index (χ4v) is 2.72. The summed E-state index contributed by atoms with van der Waals surface area (Å²) in [4.78, 5) is 29.4. The Morgan fingerprint density at radius 3 is 2.68 bits per heavy atom. The van der Waals surface area contributed by atoms with Crippen molar-refractivity contribution in [2.45, 2.75) is 45.3 Å². The molecule has 2 heterocycles. The number of hydrogen-bond donors (Lipinski definition) is 1. The number of carboxylic acid groups (broad SMARTS) is 1. The Hall–Kier alpha value is -2.11. The van der Waals surface area contributed by atoms with Crippen LogP contribution in [0.25, 0.3) is 0 Å². The number of hydrogen-bond acceptors (Lipinski definition) is 4. The topological polar surface area (TPSA) is 79.7 Å². The maximum atomic E-state index is 12.2. The lowest BCUT2D eigenvalue weighted by molar-refractivity contribution is -0.143. The molecule has 1 saturated heterocycles. The van der Waals surface area contributed by atoms with E-state index < -0.39 is 23.7 Å². The highest BCUT2D eigenvalue weighted by Gasteiger charge is 2.43. The van der Waals surface area contributed by atoms with Crippen LogP contribution in [0.1, 0.15) is 32.9 Å². The molecule has 0 radical (unpaired) electrons. The van der Waals surface area contributed by atoms with E-state index in [-0.39, 0.29) is 5.92 Å². The molecule has 2 rings (SSSR count). The minimum absolute atomic E-state index is 0.153. The predicted octanol–water partition coefficient (Wildman–Crippen LogP) is 2.33. The Bertz CT molecular complexity index is 539. The van der Waals surface area contributed by atoms with E-state index in [9.17, 15) is 14.7 Å². The zero-order valence-corrected chi connectivity index (χ0v) is 13.2. The molecule has 6 nitrogen and oxygen atoms in total. The number of rotatable bonds is 3. The minimum Gasteiger partial charge on any atom is -0.480 e. The molecule has 0 spiro atoms. The van der Waals surface area contributed by atoms with Crippen LogP contribution in [0.4, 0.5) is 4.79 Å². The van der Waals surface area contributed by atoms with E-state index in [0.29, 0.717) is 19.4 Å². The van der Waals surface area contributed by atoms with Gasteiger partial charge in [-0.3, -0.25) is 9.88 Å². The van der Waals surface area contributed by atoms with Gasteiger partial charge in [0.25, 0.3) is 0 Å². The second-order valence-electron chi connectivity index (χ2n) is 6.53. The van der Waals surface area contributed by atoms with E-state index in [1.807, 2.05) is 18.2 Å². The third-order valence-corrected chi connectivity index (χ3v) is 3.60. The molecule has 0 aliphatic carbocycles. The summed E-state index contributed by atoms with van der Waals surface area (Å²) in [6, 6.07) is 4.70. The highest BCUT2D eigenvalue weighted by atomic mass is 16.6. The van der Waals surface area contributed by atoms with Gasteiger partial charge in [0.05, 0.1) is 0 Å². The largest absolute Gasteiger partial charge is 0.480 e. The van der Waals surface area contributed by atoms with Crippen molar-refractivity contribution in [2.24, 2.45) is 5.92 Å². The first-order chi connectivity index (χ1) is 10.3. The number of amides is 1. The minimum atomic E-state index is -0.996. The summed E-state index contributed by atoms with van der Waals surface area (Å²) in [5.74, 6) is -1.15. The summed E-state index contributed by atoms with van der Waals surface area (Å²) in [5, 5.41) is 9.51. The molecule has 0 saturated carbocycles. The van der Waals surface area contributed by atoms with Crippen molar-refractivity contribution in [1.29, 1.82) is 0 Å². The lowest BCUT2D eigenvalue weighted by Gasteiger charge is -2.28. The highest BCUT2D eigenvalue weighted by Crippen LogP contribution is 2.29. The second kappa shape index (κ2) is 6.34. The van der Waals surface area contributed by atoms with Crippen molar-refractivity contribution in [1.82, 2.24) is 9.88 Å². The third kappa shape index (κ3) is 3.96. The second-order valence-corrected chi connectivity index (χ2v) is 6.53. The molecule has 120 valence electrons. The summed E-state index contributed by atoms with van der Waals surface area (Å²) in [7, 11) is 0. The molecule has 0 unspecified atom stereocenters. The molecule has 1 fully saturated rings. The molecule has 2 atom stereocenters. The van der Waals surface area contributed by atoms with Gasteiger partial charge in [0, 0.05) is 18.4 Å². The normalized spacial score (nSPS) is 21.7. The Labute approximate surface area is 130 Å². The molecule has 1 aliphatic rings. The smallest absolute Gasteiger partial charge is 0.411 e. The van der Waals surface area contributed by atoms with Crippen LogP contribution in [-0.2, 0) is 16.0 Å². The lowest BCUT2D eigenvalue weighted by atomic mass is 9.94. The zero-order valence-electron chi connectivity index (χ0n) is 13.2. The lowest BCUT2D eigenvalue weighted by Crippen LogP contribution is -2.45. The molecular weight excluding hydrogens is 284 g/mol. The number of pyridine rings is 1. The van der Waals surface area contributed by atoms with E-state index in [2.05, 4.69) is 4.98 Å². The number of nitrogens with zero attached hydrogens (tertiary/aromatic N) is 2. The third-order valence-electron chi connectivity index (χ3n) is 3.60. The predicted molar refractivity (Wildman–Crippen MR) is 80.4 cm³/mol. The standard InChI is InChI=1S/C16H22N2O4/c1-16(2,3)22-15(21)18-9-7-11(13(18)14(19)20)10-12-6-4-5-8-17-12/h4-6,8,11,13H,7,9-10H2,1-3H3,(H,19,20)/t11-,13-/m1/s1. The molecule has 22 heavy (non-hydrogen) atoms. The van der Waals surface area contributed by atoms with Gasteiger partial charge in [-0.25, -0.2) is 9.59 Å². The zero-order chi connectivity index (χ0) is 16.3. The molecule has 1 aromatic heterocycles. The van der Waals surface area contributed by atoms with Gasteiger partial charge in [-0.05, 0) is 51.7 Å². The Kier molecular flexibility index (Phi) is 4.68. The number of ether oxygens (including phenoxy) is 1. The summed E-state index contributed by atoms with van der Waals surface area (Å²) in [6.45, 7) is 5.69. The first-order valence-electron chi connectivity index (χ1n) is 7.40. The van der Waals surface area contributed by atoms with Crippen LogP contribution in [0.5, 0.6) is 0 Å². The van der Waals surface area contributed by atoms with Crippen molar-refractivity contribution in [3.63, 3.8) is 0 Å². The number of carboxylic acids is 1. The monoisotopic (exact) mass is 306 g/mol. The quantitative estimate of drug-likeness (QED) is 0.927. The first kappa shape index (κ1) is 16.3. The van der Waals surface area contributed by atoms with Crippen LogP contribution in [0.3, 0.4) is 0 Å². The summed E-state index contributed by atoms with van der Waals surface area (Å²) < 4.78 is 5.31. The highest BCUT2D eigenvalue weighted by molar-refractivity contribution is 5.81. The molecule has 1 aromatic rings. The summed E-state index contributed by atoms with van der Waals surface area (Å²) >= 11 is 0. The summed E-state index contributed by atoms with van der Waals surface area (Å²) in [6.07, 6.45) is 2.29. The van der Waals surface area contributed by atoms with Crippen LogP contribution >= 0.6 is 0 Å². The van der Waals surface area contributed by atoms with Gasteiger partial charge in [-0.15, -0.1) is 0 Å². The van der Waals surface area contributed by atoms with Crippen LogP contribution in [-0.4, -0.2) is 45.2 Å². The average molecular weight is 306 g/mol. The van der Waals surface area contributed by atoms with Crippen LogP contribution in [0, 0.1) is 5.92 Å². The number of aromatic nitrogens is 1. The van der Waals surface area contributed by atoms with E-state index in [1.165, 1.54) is 4.90 Å². The number of carbonyl (C=O) groups is 2. The van der Waals surface area contributed by atoms with E-state index in [0.717, 1.165) is 5.69 Å². The molecule has 6 heteroatoms. The van der Waals surface area contributed by atoms with Crippen LogP contribution in [0.15, 0.2) is 24.4 Å². The molecule has 1 aliphatic heterocycles. The molecule has 1 amide bonds. The van der Waals surface area contributed by atoms with E-state index in [1.54, 1.807) is 27.0 Å². The van der Waals surface area contributed by atoms with Crippen molar-refractivity contribution >= 4 is 12.1 Å². The molecule has 1 N–H and O–H groups in total. The number of aliphatic carboxylic acids is 1. The van der Waals surface area contributed by atoms with Gasteiger partial charge < -0.3 is 9.84 Å². The van der Waals surface area contributed by atoms with Gasteiger partial charge in [-0.1, -0.05) is 6.07 Å². The fourth-order valence-electron chi connectivity index (χ4n) is 2.72. The maximum Gasteiger partial charge on any atom is 0.411 e. The maximum absolute atomic E-state index is 12.2. The van der Waals surface area contributed by atoms with Gasteiger partial charge >= 0.3 is 12.1 Å². The average Bonchev–Trinajstić information content (AvgIpc) is 2.82. The van der Waals surface area contributed by atoms with Crippen molar-refractivity contribution in [3.8, 4) is 0 Å². The molecule has 0 aromatic carbocycles. The Morgan fingerprint density at radius 2 is 2.14 bits per heavy atom. The van der Waals surface area contributed by atoms with Crippen LogP contribution in [0.2, 0.25) is 0 Å². The van der Waals surface area contributed by atoms with Crippen LogP contribution < -0.4 is 0 Å². The molecular formula is C16H22N2O4. The van der Waals surface area contributed by atoms with Gasteiger partial charge in [0.15, 0.2) is 0 Å². The van der Waals surface area contributed by atoms with Gasteiger partial charge in [-0.2, -0.15) is 0 Å². The van der Waals surface area contributed by atoms with E-state index >= 15 is 0 Å². The van der Waals surface area contributed by atoms with E-state index in [4.69, 9.17) is 4.74 Å². The number of carbonyl (C=O) groups excluding carboxylic acids is 1. The number of likely N-dealkylation sites (tertiary alicyclic amines) is 1. The Balaban J connectivity index is 2.11. The molecule has 0 bridgehead atoms. The van der Waals surface area contributed by atoms with Crippen molar-refractivity contribution in [2.75, 3.05) is 6.54 Å². The van der Waals surface area contributed by atoms with Crippen molar-refractivity contribution < 1.29 is 19.4 Å². The summed E-state index contributed by atoms with van der Waals surface area (Å²) in [5.41, 5.74) is 0.198. The van der Waals surface area contributed by atoms with Crippen molar-refractivity contribution in [3.05, 3.63) is 30.1 Å². The van der Waals surface area contributed by atoms with Gasteiger partial charge in [0.1, 0.15) is 11.6 Å². The first-order valence-corrected chi connectivity index (χ1v) is 7.40. The SMILES string of the molecule is CC(C)(C)OC(=O)N1CC[C@H](Cc2ccccn2)[C@@H]1C(=O)O.